The average Bonchev–Trinajstić information content (AvgIpc) is 2.66. The highest BCUT2D eigenvalue weighted by Gasteiger charge is 2.25. The van der Waals surface area contributed by atoms with Gasteiger partial charge in [0.1, 0.15) is 5.75 Å². The molecule has 6 nitrogen and oxygen atoms in total. The zero-order valence-corrected chi connectivity index (χ0v) is 16.5. The first-order chi connectivity index (χ1) is 12.8. The fourth-order valence-electron chi connectivity index (χ4n) is 2.60. The number of anilines is 1. The van der Waals surface area contributed by atoms with Crippen LogP contribution in [0.1, 0.15) is 22.8 Å². The third kappa shape index (κ3) is 4.49. The van der Waals surface area contributed by atoms with Gasteiger partial charge >= 0.3 is 5.97 Å². The van der Waals surface area contributed by atoms with Crippen molar-refractivity contribution in [3.63, 3.8) is 0 Å². The summed E-state index contributed by atoms with van der Waals surface area (Å²) >= 11 is 0. The Balaban J connectivity index is 2.50. The lowest BCUT2D eigenvalue weighted by Gasteiger charge is -2.24. The van der Waals surface area contributed by atoms with Gasteiger partial charge in [-0.25, -0.2) is 13.2 Å². The second-order valence-electron chi connectivity index (χ2n) is 5.73. The van der Waals surface area contributed by atoms with Gasteiger partial charge in [-0.3, -0.25) is 4.31 Å². The maximum Gasteiger partial charge on any atom is 0.338 e. The summed E-state index contributed by atoms with van der Waals surface area (Å²) < 4.78 is 37.8. The number of rotatable bonds is 8. The van der Waals surface area contributed by atoms with Gasteiger partial charge in [0.25, 0.3) is 10.0 Å². The number of esters is 1. The van der Waals surface area contributed by atoms with E-state index in [1.165, 1.54) is 29.6 Å². The van der Waals surface area contributed by atoms with Crippen molar-refractivity contribution in [1.82, 2.24) is 0 Å². The number of carbonyl (C=O) groups excluding carboxylic acids is 1. The Labute approximate surface area is 160 Å². The van der Waals surface area contributed by atoms with Crippen LogP contribution in [0.4, 0.5) is 5.69 Å². The van der Waals surface area contributed by atoms with Crippen molar-refractivity contribution >= 4 is 21.7 Å². The first kappa shape index (κ1) is 20.5. The van der Waals surface area contributed by atoms with E-state index in [2.05, 4.69) is 6.58 Å². The lowest BCUT2D eigenvalue weighted by atomic mass is 10.2. The van der Waals surface area contributed by atoms with E-state index >= 15 is 0 Å². The van der Waals surface area contributed by atoms with Crippen LogP contribution in [0.25, 0.3) is 0 Å². The minimum Gasteiger partial charge on any atom is -0.496 e. The van der Waals surface area contributed by atoms with Crippen LogP contribution in [-0.2, 0) is 14.8 Å². The third-order valence-corrected chi connectivity index (χ3v) is 5.68. The zero-order chi connectivity index (χ0) is 20.0. The molecule has 0 aliphatic heterocycles. The number of methoxy groups -OCH3 is 1. The zero-order valence-electron chi connectivity index (χ0n) is 15.6. The molecule has 2 aromatic carbocycles. The lowest BCUT2D eigenvalue weighted by molar-refractivity contribution is 0.0526. The van der Waals surface area contributed by atoms with Gasteiger partial charge in [-0.15, -0.1) is 6.58 Å². The van der Waals surface area contributed by atoms with Gasteiger partial charge < -0.3 is 9.47 Å². The molecule has 27 heavy (non-hydrogen) atoms. The van der Waals surface area contributed by atoms with Gasteiger partial charge in [0.2, 0.25) is 0 Å². The summed E-state index contributed by atoms with van der Waals surface area (Å²) in [6.45, 7) is 7.43. The minimum absolute atomic E-state index is 0.0552. The van der Waals surface area contributed by atoms with E-state index in [1.807, 2.05) is 0 Å². The molecule has 0 spiro atoms. The molecule has 0 saturated heterocycles. The van der Waals surface area contributed by atoms with Gasteiger partial charge in [-0.2, -0.15) is 0 Å². The summed E-state index contributed by atoms with van der Waals surface area (Å²) in [5, 5.41) is 0. The molecule has 0 unspecified atom stereocenters. The second-order valence-corrected chi connectivity index (χ2v) is 7.59. The Hall–Kier alpha value is -2.80. The Morgan fingerprint density at radius 3 is 2.56 bits per heavy atom. The number of nitrogens with zero attached hydrogens (tertiary/aromatic N) is 1. The average molecular weight is 389 g/mol. The highest BCUT2D eigenvalue weighted by Crippen LogP contribution is 2.28. The van der Waals surface area contributed by atoms with Crippen molar-refractivity contribution in [2.75, 3.05) is 24.6 Å². The highest BCUT2D eigenvalue weighted by atomic mass is 32.2. The smallest absolute Gasteiger partial charge is 0.338 e. The van der Waals surface area contributed by atoms with Gasteiger partial charge in [-0.05, 0) is 55.8 Å². The molecule has 0 aliphatic carbocycles. The first-order valence-electron chi connectivity index (χ1n) is 8.40. The number of benzene rings is 2. The number of sulfonamides is 1. The number of ether oxygens (including phenoxy) is 2. The quantitative estimate of drug-likeness (QED) is 0.510. The maximum atomic E-state index is 13.2. The normalized spacial score (nSPS) is 10.9. The molecule has 2 aromatic rings. The van der Waals surface area contributed by atoms with Crippen LogP contribution < -0.4 is 9.04 Å². The molecule has 144 valence electrons. The molecule has 7 heteroatoms. The number of hydrogen-bond donors (Lipinski definition) is 0. The van der Waals surface area contributed by atoms with E-state index in [4.69, 9.17) is 9.47 Å². The number of aryl methyl sites for hydroxylation is 1. The van der Waals surface area contributed by atoms with Crippen molar-refractivity contribution < 1.29 is 22.7 Å². The summed E-state index contributed by atoms with van der Waals surface area (Å²) in [7, 11) is -2.33. The van der Waals surface area contributed by atoms with Crippen LogP contribution in [0.2, 0.25) is 0 Å². The van der Waals surface area contributed by atoms with E-state index in [0.29, 0.717) is 17.0 Å². The molecule has 0 atom stereocenters. The summed E-state index contributed by atoms with van der Waals surface area (Å²) in [4.78, 5) is 12.1. The van der Waals surface area contributed by atoms with Crippen molar-refractivity contribution in [2.45, 2.75) is 18.7 Å². The number of hydrogen-bond acceptors (Lipinski definition) is 5. The Morgan fingerprint density at radius 1 is 1.22 bits per heavy atom. The van der Waals surface area contributed by atoms with E-state index in [-0.39, 0.29) is 23.6 Å². The van der Waals surface area contributed by atoms with Crippen LogP contribution >= 0.6 is 0 Å². The molecule has 2 rings (SSSR count). The molecule has 0 bridgehead atoms. The molecular formula is C20H23NO5S. The van der Waals surface area contributed by atoms with Crippen molar-refractivity contribution in [2.24, 2.45) is 0 Å². The summed E-state index contributed by atoms with van der Waals surface area (Å²) in [5.74, 6) is 0.101. The van der Waals surface area contributed by atoms with Gasteiger partial charge in [0, 0.05) is 0 Å². The van der Waals surface area contributed by atoms with E-state index in [9.17, 15) is 13.2 Å². The fraction of sp³-hybridized carbons (Fsp3) is 0.250. The minimum atomic E-state index is -3.86. The second kappa shape index (κ2) is 8.73. The molecule has 0 heterocycles. The summed E-state index contributed by atoms with van der Waals surface area (Å²) in [6.07, 6.45) is 1.49. The highest BCUT2D eigenvalue weighted by molar-refractivity contribution is 7.92. The molecule has 0 amide bonds. The summed E-state index contributed by atoms with van der Waals surface area (Å²) in [5.41, 5.74) is 1.34. The van der Waals surface area contributed by atoms with E-state index in [0.717, 1.165) is 0 Å². The maximum absolute atomic E-state index is 13.2. The molecule has 0 N–H and O–H groups in total. The van der Waals surface area contributed by atoms with Gasteiger partial charge in [0.15, 0.2) is 0 Å². The van der Waals surface area contributed by atoms with Crippen molar-refractivity contribution in [3.8, 4) is 5.75 Å². The van der Waals surface area contributed by atoms with Crippen LogP contribution in [0, 0.1) is 6.92 Å². The molecule has 0 saturated carbocycles. The van der Waals surface area contributed by atoms with Crippen molar-refractivity contribution in [1.29, 1.82) is 0 Å². The first-order valence-corrected chi connectivity index (χ1v) is 9.84. The topological polar surface area (TPSA) is 72.9 Å². The number of carbonyl (C=O) groups is 1. The van der Waals surface area contributed by atoms with Crippen molar-refractivity contribution in [3.05, 3.63) is 66.2 Å². The Bertz CT molecular complexity index is 937. The van der Waals surface area contributed by atoms with E-state index < -0.39 is 16.0 Å². The standard InChI is InChI=1S/C20H23NO5S/c1-5-12-21(17-9-7-8-16(14-17)20(22)26-6-2)27(23,24)18-10-11-19(25-4)15(3)13-18/h5,7-11,13-14H,1,6,12H2,2-4H3. The molecule has 0 aromatic heterocycles. The molecular weight excluding hydrogens is 366 g/mol. The Kier molecular flexibility index (Phi) is 6.63. The lowest BCUT2D eigenvalue weighted by Crippen LogP contribution is -2.31. The molecule has 0 radical (unpaired) electrons. The predicted octanol–water partition coefficient (Wildman–Crippen LogP) is 3.56. The van der Waals surface area contributed by atoms with E-state index in [1.54, 1.807) is 44.2 Å². The predicted molar refractivity (Wildman–Crippen MR) is 105 cm³/mol. The SMILES string of the molecule is C=CCN(c1cccc(C(=O)OCC)c1)S(=O)(=O)c1ccc(OC)c(C)c1. The van der Waals surface area contributed by atoms with Crippen LogP contribution in [-0.4, -0.2) is 34.6 Å². The Morgan fingerprint density at radius 2 is 1.96 bits per heavy atom. The summed E-state index contributed by atoms with van der Waals surface area (Å²) in [6, 6.07) is 11.0. The molecule has 0 aliphatic rings. The molecule has 0 fully saturated rings. The van der Waals surface area contributed by atoms with Crippen LogP contribution in [0.15, 0.2) is 60.0 Å². The monoisotopic (exact) mass is 389 g/mol. The third-order valence-electron chi connectivity index (χ3n) is 3.89. The van der Waals surface area contributed by atoms with Gasteiger partial charge in [-0.1, -0.05) is 12.1 Å². The van der Waals surface area contributed by atoms with Crippen LogP contribution in [0.3, 0.4) is 0 Å². The fourth-order valence-corrected chi connectivity index (χ4v) is 4.11. The largest absolute Gasteiger partial charge is 0.496 e. The van der Waals surface area contributed by atoms with Crippen LogP contribution in [0.5, 0.6) is 5.75 Å². The van der Waals surface area contributed by atoms with Gasteiger partial charge in [0.05, 0.1) is 36.4 Å².